The van der Waals surface area contributed by atoms with Gasteiger partial charge in [-0.1, -0.05) is 18.6 Å². The van der Waals surface area contributed by atoms with Gasteiger partial charge in [0.1, 0.15) is 11.6 Å². The number of aryl methyl sites for hydroxylation is 1. The highest BCUT2D eigenvalue weighted by Crippen LogP contribution is 2.31. The molecular formula is C25H32FN3O2. The van der Waals surface area contributed by atoms with Gasteiger partial charge in [0.05, 0.1) is 6.04 Å². The molecule has 2 aromatic carbocycles. The predicted molar refractivity (Wildman–Crippen MR) is 121 cm³/mol. The fourth-order valence-corrected chi connectivity index (χ4v) is 4.64. The van der Waals surface area contributed by atoms with Crippen molar-refractivity contribution in [3.63, 3.8) is 0 Å². The summed E-state index contributed by atoms with van der Waals surface area (Å²) in [6, 6.07) is 12.7. The highest BCUT2D eigenvalue weighted by atomic mass is 19.1. The fraction of sp³-hybridized carbons (Fsp3) is 0.480. The van der Waals surface area contributed by atoms with Gasteiger partial charge in [0.2, 0.25) is 0 Å². The number of hydrogen-bond donors (Lipinski definition) is 1. The Morgan fingerprint density at radius 3 is 2.61 bits per heavy atom. The molecule has 2 aliphatic rings. The fourth-order valence-electron chi connectivity index (χ4n) is 4.64. The van der Waals surface area contributed by atoms with Crippen molar-refractivity contribution in [2.45, 2.75) is 38.1 Å². The van der Waals surface area contributed by atoms with Gasteiger partial charge in [0, 0.05) is 25.8 Å². The first-order chi connectivity index (χ1) is 15.1. The highest BCUT2D eigenvalue weighted by molar-refractivity contribution is 5.77. The Morgan fingerprint density at radius 1 is 1.06 bits per heavy atom. The van der Waals surface area contributed by atoms with Crippen LogP contribution in [0, 0.1) is 5.82 Å². The van der Waals surface area contributed by atoms with E-state index >= 15 is 0 Å². The third-order valence-corrected chi connectivity index (χ3v) is 6.35. The van der Waals surface area contributed by atoms with Crippen LogP contribution in [0.25, 0.3) is 0 Å². The number of nitrogens with one attached hydrogen (secondary N) is 1. The molecule has 166 valence electrons. The van der Waals surface area contributed by atoms with Gasteiger partial charge in [-0.2, -0.15) is 0 Å². The molecule has 6 heteroatoms. The second kappa shape index (κ2) is 10.1. The summed E-state index contributed by atoms with van der Waals surface area (Å²) >= 11 is 0. The molecule has 0 bridgehead atoms. The van der Waals surface area contributed by atoms with E-state index in [1.165, 1.54) is 66.8 Å². The zero-order chi connectivity index (χ0) is 21.6. The van der Waals surface area contributed by atoms with Crippen LogP contribution in [0.3, 0.4) is 0 Å². The number of carbonyl (C=O) groups excluding carboxylic acids is 1. The number of amides is 1. The monoisotopic (exact) mass is 425 g/mol. The van der Waals surface area contributed by atoms with Crippen LogP contribution in [0.15, 0.2) is 42.5 Å². The molecule has 2 aromatic rings. The van der Waals surface area contributed by atoms with Crippen molar-refractivity contribution in [1.29, 1.82) is 0 Å². The van der Waals surface area contributed by atoms with Crippen LogP contribution in [0.4, 0.5) is 10.1 Å². The lowest BCUT2D eigenvalue weighted by molar-refractivity contribution is -0.123. The molecule has 2 aliphatic heterocycles. The smallest absolute Gasteiger partial charge is 0.258 e. The van der Waals surface area contributed by atoms with E-state index in [1.807, 2.05) is 0 Å². The number of likely N-dealkylation sites (tertiary alicyclic amines) is 1. The van der Waals surface area contributed by atoms with Crippen molar-refractivity contribution < 1.29 is 13.9 Å². The van der Waals surface area contributed by atoms with Gasteiger partial charge in [0.25, 0.3) is 5.91 Å². The molecule has 0 unspecified atom stereocenters. The van der Waals surface area contributed by atoms with E-state index in [0.29, 0.717) is 12.3 Å². The Labute approximate surface area is 184 Å². The van der Waals surface area contributed by atoms with Crippen LogP contribution >= 0.6 is 0 Å². The van der Waals surface area contributed by atoms with Gasteiger partial charge in [-0.05, 0) is 80.2 Å². The summed E-state index contributed by atoms with van der Waals surface area (Å²) in [5, 5.41) is 3.06. The lowest BCUT2D eigenvalue weighted by atomic mass is 9.95. The second-order valence-electron chi connectivity index (χ2n) is 8.57. The molecule has 1 amide bonds. The van der Waals surface area contributed by atoms with Crippen LogP contribution in [0.2, 0.25) is 0 Å². The number of nitrogens with zero attached hydrogens (tertiary/aromatic N) is 2. The lowest BCUT2D eigenvalue weighted by Crippen LogP contribution is -2.41. The van der Waals surface area contributed by atoms with Crippen LogP contribution in [0.5, 0.6) is 5.75 Å². The van der Waals surface area contributed by atoms with E-state index in [9.17, 15) is 9.18 Å². The standard InChI is InChI=1S/C25H32FN3O2/c1-28-13-5-6-19-16-20(7-12-23(19)28)24(29-14-3-2-4-15-29)17-27-25(30)18-31-22-10-8-21(26)9-11-22/h7-12,16,24H,2-6,13-15,17-18H2,1H3,(H,27,30)/t24-/m0/s1. The van der Waals surface area contributed by atoms with Gasteiger partial charge in [-0.3, -0.25) is 9.69 Å². The van der Waals surface area contributed by atoms with E-state index in [1.54, 1.807) is 0 Å². The average Bonchev–Trinajstić information content (AvgIpc) is 2.80. The minimum atomic E-state index is -0.322. The minimum Gasteiger partial charge on any atom is -0.484 e. The average molecular weight is 426 g/mol. The summed E-state index contributed by atoms with van der Waals surface area (Å²) in [4.78, 5) is 17.3. The van der Waals surface area contributed by atoms with Crippen LogP contribution in [-0.4, -0.2) is 50.6 Å². The lowest BCUT2D eigenvalue weighted by Gasteiger charge is -2.36. The van der Waals surface area contributed by atoms with Crippen molar-refractivity contribution in [2.75, 3.05) is 44.7 Å². The second-order valence-corrected chi connectivity index (χ2v) is 8.57. The number of rotatable bonds is 7. The highest BCUT2D eigenvalue weighted by Gasteiger charge is 2.24. The predicted octanol–water partition coefficient (Wildman–Crippen LogP) is 3.93. The molecule has 5 nitrogen and oxygen atoms in total. The van der Waals surface area contributed by atoms with Crippen LogP contribution in [-0.2, 0) is 11.2 Å². The summed E-state index contributed by atoms with van der Waals surface area (Å²) in [7, 11) is 2.15. The molecule has 1 fully saturated rings. The molecule has 0 aromatic heterocycles. The van der Waals surface area contributed by atoms with Crippen LogP contribution < -0.4 is 15.0 Å². The van der Waals surface area contributed by atoms with E-state index < -0.39 is 0 Å². The van der Waals surface area contributed by atoms with Crippen LogP contribution in [0.1, 0.15) is 42.9 Å². The molecular weight excluding hydrogens is 393 g/mol. The summed E-state index contributed by atoms with van der Waals surface area (Å²) in [5.41, 5.74) is 4.00. The van der Waals surface area contributed by atoms with Gasteiger partial charge < -0.3 is 15.0 Å². The Morgan fingerprint density at radius 2 is 1.84 bits per heavy atom. The first-order valence-electron chi connectivity index (χ1n) is 11.3. The molecule has 0 spiro atoms. The molecule has 0 radical (unpaired) electrons. The molecule has 0 saturated carbocycles. The quantitative estimate of drug-likeness (QED) is 0.730. The maximum atomic E-state index is 13.0. The minimum absolute atomic E-state index is 0.0761. The molecule has 2 heterocycles. The maximum Gasteiger partial charge on any atom is 0.258 e. The Hall–Kier alpha value is -2.60. The molecule has 1 saturated heterocycles. The number of halogens is 1. The van der Waals surface area contributed by atoms with Crippen molar-refractivity contribution in [3.8, 4) is 5.75 Å². The van der Waals surface area contributed by atoms with Gasteiger partial charge in [-0.15, -0.1) is 0 Å². The first-order valence-corrected chi connectivity index (χ1v) is 11.3. The molecule has 4 rings (SSSR count). The number of hydrogen-bond acceptors (Lipinski definition) is 4. The number of carbonyl (C=O) groups is 1. The summed E-state index contributed by atoms with van der Waals surface area (Å²) in [6.07, 6.45) is 5.96. The van der Waals surface area contributed by atoms with Gasteiger partial charge in [-0.25, -0.2) is 4.39 Å². The van der Waals surface area contributed by atoms with Crippen molar-refractivity contribution >= 4 is 11.6 Å². The molecule has 1 atom stereocenters. The van der Waals surface area contributed by atoms with E-state index in [2.05, 4.69) is 40.4 Å². The number of benzene rings is 2. The zero-order valence-corrected chi connectivity index (χ0v) is 18.3. The third kappa shape index (κ3) is 5.56. The molecule has 31 heavy (non-hydrogen) atoms. The third-order valence-electron chi connectivity index (χ3n) is 6.35. The van der Waals surface area contributed by atoms with E-state index in [4.69, 9.17) is 4.74 Å². The SMILES string of the molecule is CN1CCCc2cc([C@H](CNC(=O)COc3ccc(F)cc3)N3CCCCC3)ccc21. The first kappa shape index (κ1) is 21.6. The summed E-state index contributed by atoms with van der Waals surface area (Å²) in [6.45, 7) is 3.70. The Balaban J connectivity index is 1.42. The number of fused-ring (bicyclic) bond motifs is 1. The molecule has 1 N–H and O–H groups in total. The number of ether oxygens (including phenoxy) is 1. The number of anilines is 1. The van der Waals surface area contributed by atoms with Crippen molar-refractivity contribution in [2.24, 2.45) is 0 Å². The summed E-state index contributed by atoms with van der Waals surface area (Å²) in [5.74, 6) is 0.00406. The van der Waals surface area contributed by atoms with Gasteiger partial charge >= 0.3 is 0 Å². The topological polar surface area (TPSA) is 44.8 Å². The summed E-state index contributed by atoms with van der Waals surface area (Å²) < 4.78 is 18.5. The molecule has 0 aliphatic carbocycles. The number of piperidine rings is 1. The Bertz CT molecular complexity index is 881. The normalized spacial score (nSPS) is 17.7. The van der Waals surface area contributed by atoms with Gasteiger partial charge in [0.15, 0.2) is 6.61 Å². The Kier molecular flexibility index (Phi) is 7.07. The maximum absolute atomic E-state index is 13.0. The van der Waals surface area contributed by atoms with E-state index in [0.717, 1.165) is 26.1 Å². The van der Waals surface area contributed by atoms with E-state index in [-0.39, 0.29) is 24.4 Å². The largest absolute Gasteiger partial charge is 0.484 e. The zero-order valence-electron chi connectivity index (χ0n) is 18.3. The van der Waals surface area contributed by atoms with Crippen molar-refractivity contribution in [3.05, 3.63) is 59.4 Å². The van der Waals surface area contributed by atoms with Crippen molar-refractivity contribution in [1.82, 2.24) is 10.2 Å².